The second-order valence-corrected chi connectivity index (χ2v) is 7.69. The molecule has 0 unspecified atom stereocenters. The molecule has 3 rings (SSSR count). The van der Waals surface area contributed by atoms with Crippen LogP contribution in [0.4, 0.5) is 0 Å². The van der Waals surface area contributed by atoms with Gasteiger partial charge in [0, 0.05) is 31.7 Å². The standard InChI is InChI=1S/C24H32N4O3.HI/c1-17-4-7-19(22(14-17)30-3)15-27-24(25-2)26-13-12-18-5-10-21(11-6-18)31-16-23(29)28-20-8-9-20;/h4-7,10-11,14,20H,8-9,12-13,15-16H2,1-3H3,(H,28,29)(H2,25,26,27);1H. The Bertz CT molecular complexity index is 899. The molecule has 0 aliphatic heterocycles. The average molecular weight is 552 g/mol. The highest BCUT2D eigenvalue weighted by molar-refractivity contribution is 14.0. The molecule has 174 valence electrons. The summed E-state index contributed by atoms with van der Waals surface area (Å²) in [5, 5.41) is 9.56. The van der Waals surface area contributed by atoms with E-state index in [0.29, 0.717) is 18.3 Å². The zero-order valence-corrected chi connectivity index (χ0v) is 21.3. The lowest BCUT2D eigenvalue weighted by Crippen LogP contribution is -2.37. The fourth-order valence-corrected chi connectivity index (χ4v) is 3.12. The van der Waals surface area contributed by atoms with E-state index in [9.17, 15) is 4.79 Å². The second-order valence-electron chi connectivity index (χ2n) is 7.69. The van der Waals surface area contributed by atoms with Crippen LogP contribution in [0.15, 0.2) is 47.5 Å². The zero-order chi connectivity index (χ0) is 22.1. The fourth-order valence-electron chi connectivity index (χ4n) is 3.12. The molecule has 0 aromatic heterocycles. The molecule has 1 saturated carbocycles. The summed E-state index contributed by atoms with van der Waals surface area (Å²) >= 11 is 0. The Balaban J connectivity index is 0.00000363. The number of methoxy groups -OCH3 is 1. The van der Waals surface area contributed by atoms with Crippen molar-refractivity contribution >= 4 is 35.8 Å². The Kier molecular flexibility index (Phi) is 10.6. The molecule has 0 radical (unpaired) electrons. The number of rotatable bonds is 10. The van der Waals surface area contributed by atoms with Crippen LogP contribution in [0.5, 0.6) is 11.5 Å². The predicted octanol–water partition coefficient (Wildman–Crippen LogP) is 3.19. The van der Waals surface area contributed by atoms with Crippen LogP contribution in [0, 0.1) is 6.92 Å². The minimum absolute atomic E-state index is 0. The molecule has 1 fully saturated rings. The van der Waals surface area contributed by atoms with Crippen molar-refractivity contribution in [1.29, 1.82) is 0 Å². The molecule has 2 aromatic rings. The van der Waals surface area contributed by atoms with E-state index in [1.165, 1.54) is 11.1 Å². The van der Waals surface area contributed by atoms with Crippen LogP contribution in [0.1, 0.15) is 29.5 Å². The Morgan fingerprint density at radius 2 is 1.88 bits per heavy atom. The number of hydrogen-bond acceptors (Lipinski definition) is 4. The lowest BCUT2D eigenvalue weighted by Gasteiger charge is -2.14. The van der Waals surface area contributed by atoms with Crippen LogP contribution in [0.25, 0.3) is 0 Å². The number of carbonyl (C=O) groups excluding carboxylic acids is 1. The van der Waals surface area contributed by atoms with Crippen molar-refractivity contribution in [2.24, 2.45) is 4.99 Å². The van der Waals surface area contributed by atoms with Crippen molar-refractivity contribution in [2.75, 3.05) is 27.3 Å². The van der Waals surface area contributed by atoms with Gasteiger partial charge >= 0.3 is 0 Å². The van der Waals surface area contributed by atoms with Crippen LogP contribution < -0.4 is 25.4 Å². The summed E-state index contributed by atoms with van der Waals surface area (Å²) in [6, 6.07) is 14.4. The second kappa shape index (κ2) is 13.1. The zero-order valence-electron chi connectivity index (χ0n) is 18.9. The van der Waals surface area contributed by atoms with Gasteiger partial charge in [0.2, 0.25) is 0 Å². The molecule has 0 bridgehead atoms. The molecule has 0 atom stereocenters. The Morgan fingerprint density at radius 3 is 2.53 bits per heavy atom. The topological polar surface area (TPSA) is 84.0 Å². The van der Waals surface area contributed by atoms with Crippen LogP contribution in [0.3, 0.4) is 0 Å². The first-order valence-corrected chi connectivity index (χ1v) is 10.7. The smallest absolute Gasteiger partial charge is 0.258 e. The quantitative estimate of drug-likeness (QED) is 0.240. The number of halogens is 1. The number of aryl methyl sites for hydroxylation is 1. The molecule has 32 heavy (non-hydrogen) atoms. The van der Waals surface area contributed by atoms with Crippen molar-refractivity contribution in [3.8, 4) is 11.5 Å². The molecule has 3 N–H and O–H groups in total. The van der Waals surface area contributed by atoms with Gasteiger partial charge < -0.3 is 25.4 Å². The summed E-state index contributed by atoms with van der Waals surface area (Å²) in [7, 11) is 3.44. The van der Waals surface area contributed by atoms with Gasteiger partial charge in [0.05, 0.1) is 7.11 Å². The number of carbonyl (C=O) groups is 1. The minimum Gasteiger partial charge on any atom is -0.496 e. The maximum absolute atomic E-state index is 11.7. The van der Waals surface area contributed by atoms with E-state index in [1.807, 2.05) is 37.3 Å². The Labute approximate surface area is 207 Å². The molecule has 0 spiro atoms. The van der Waals surface area contributed by atoms with Crippen LogP contribution in [-0.4, -0.2) is 45.2 Å². The van der Waals surface area contributed by atoms with Crippen LogP contribution in [0.2, 0.25) is 0 Å². The van der Waals surface area contributed by atoms with Gasteiger partial charge in [-0.3, -0.25) is 9.79 Å². The molecule has 2 aromatic carbocycles. The maximum Gasteiger partial charge on any atom is 0.258 e. The van der Waals surface area contributed by atoms with Crippen molar-refractivity contribution < 1.29 is 14.3 Å². The Morgan fingerprint density at radius 1 is 1.12 bits per heavy atom. The summed E-state index contributed by atoms with van der Waals surface area (Å²) in [6.07, 6.45) is 3.00. The summed E-state index contributed by atoms with van der Waals surface area (Å²) in [5.74, 6) is 2.25. The van der Waals surface area contributed by atoms with Gasteiger partial charge in [0.1, 0.15) is 11.5 Å². The first kappa shape index (κ1) is 25.8. The SMILES string of the molecule is CN=C(NCCc1ccc(OCC(=O)NC2CC2)cc1)NCc1ccc(C)cc1OC.I. The number of amides is 1. The van der Waals surface area contributed by atoms with Crippen molar-refractivity contribution in [2.45, 2.75) is 38.8 Å². The lowest BCUT2D eigenvalue weighted by molar-refractivity contribution is -0.123. The molecular formula is C24H33IN4O3. The number of ether oxygens (including phenoxy) is 2. The van der Waals surface area contributed by atoms with Gasteiger partial charge in [-0.2, -0.15) is 0 Å². The van der Waals surface area contributed by atoms with Gasteiger partial charge in [0.15, 0.2) is 12.6 Å². The molecule has 7 nitrogen and oxygen atoms in total. The van der Waals surface area contributed by atoms with Gasteiger partial charge in [-0.1, -0.05) is 24.3 Å². The van der Waals surface area contributed by atoms with Crippen LogP contribution in [-0.2, 0) is 17.8 Å². The van der Waals surface area contributed by atoms with Gasteiger partial charge in [0.25, 0.3) is 5.91 Å². The molecule has 8 heteroatoms. The molecule has 0 saturated heterocycles. The molecular weight excluding hydrogens is 519 g/mol. The number of nitrogens with one attached hydrogen (secondary N) is 3. The van der Waals surface area contributed by atoms with E-state index in [1.54, 1.807) is 14.2 Å². The third-order valence-electron chi connectivity index (χ3n) is 5.05. The average Bonchev–Trinajstić information content (AvgIpc) is 3.60. The van der Waals surface area contributed by atoms with E-state index in [-0.39, 0.29) is 36.5 Å². The largest absolute Gasteiger partial charge is 0.496 e. The lowest BCUT2D eigenvalue weighted by atomic mass is 10.1. The predicted molar refractivity (Wildman–Crippen MR) is 138 cm³/mol. The highest BCUT2D eigenvalue weighted by atomic mass is 127. The number of aliphatic imine (C=N–C) groups is 1. The summed E-state index contributed by atoms with van der Waals surface area (Å²) < 4.78 is 11.0. The van der Waals surface area contributed by atoms with E-state index in [4.69, 9.17) is 9.47 Å². The molecule has 1 aliphatic carbocycles. The third-order valence-corrected chi connectivity index (χ3v) is 5.05. The third kappa shape index (κ3) is 8.57. The normalized spacial score (nSPS) is 13.0. The first-order valence-electron chi connectivity index (χ1n) is 10.7. The highest BCUT2D eigenvalue weighted by Crippen LogP contribution is 2.20. The van der Waals surface area contributed by atoms with Gasteiger partial charge in [-0.05, 0) is 55.5 Å². The molecule has 1 amide bonds. The minimum atomic E-state index is -0.0575. The van der Waals surface area contributed by atoms with Gasteiger partial charge in [-0.25, -0.2) is 0 Å². The molecule has 0 heterocycles. The van der Waals surface area contributed by atoms with E-state index in [2.05, 4.69) is 33.1 Å². The summed E-state index contributed by atoms with van der Waals surface area (Å²) in [4.78, 5) is 16.0. The van der Waals surface area contributed by atoms with Crippen molar-refractivity contribution in [3.63, 3.8) is 0 Å². The number of hydrogen-bond donors (Lipinski definition) is 3. The fraction of sp³-hybridized carbons (Fsp3) is 0.417. The van der Waals surface area contributed by atoms with Crippen molar-refractivity contribution in [3.05, 3.63) is 59.2 Å². The first-order chi connectivity index (χ1) is 15.1. The Hall–Kier alpha value is -2.49. The van der Waals surface area contributed by atoms with E-state index < -0.39 is 0 Å². The van der Waals surface area contributed by atoms with Gasteiger partial charge in [-0.15, -0.1) is 24.0 Å². The van der Waals surface area contributed by atoms with Crippen molar-refractivity contribution in [1.82, 2.24) is 16.0 Å². The number of guanidine groups is 1. The molecule has 1 aliphatic rings. The number of nitrogens with zero attached hydrogens (tertiary/aromatic N) is 1. The van der Waals surface area contributed by atoms with E-state index >= 15 is 0 Å². The monoisotopic (exact) mass is 552 g/mol. The summed E-state index contributed by atoms with van der Waals surface area (Å²) in [6.45, 7) is 3.48. The van der Waals surface area contributed by atoms with Crippen LogP contribution >= 0.6 is 24.0 Å². The highest BCUT2D eigenvalue weighted by Gasteiger charge is 2.23. The van der Waals surface area contributed by atoms with E-state index in [0.717, 1.165) is 43.1 Å². The maximum atomic E-state index is 11.7. The summed E-state index contributed by atoms with van der Waals surface area (Å²) in [5.41, 5.74) is 3.43. The number of benzene rings is 2.